The van der Waals surface area contributed by atoms with Crippen LogP contribution in [-0.4, -0.2) is 36.8 Å². The number of ether oxygens (including phenoxy) is 2. The first-order valence-electron chi connectivity index (χ1n) is 13.3. The molecule has 2 aliphatic heterocycles. The summed E-state index contributed by atoms with van der Waals surface area (Å²) in [5.74, 6) is 0.942. The molecule has 1 saturated heterocycles. The number of carbonyl (C=O) groups is 1. The van der Waals surface area contributed by atoms with Gasteiger partial charge in [-0.25, -0.2) is 9.78 Å². The molecule has 0 N–H and O–H groups in total. The molecule has 40 heavy (non-hydrogen) atoms. The fourth-order valence-corrected chi connectivity index (χ4v) is 6.30. The molecule has 8 nitrogen and oxygen atoms in total. The van der Waals surface area contributed by atoms with Crippen LogP contribution >= 0.6 is 23.2 Å². The van der Waals surface area contributed by atoms with Gasteiger partial charge in [0.05, 0.1) is 6.04 Å². The fourth-order valence-electron chi connectivity index (χ4n) is 5.84. The van der Waals surface area contributed by atoms with Gasteiger partial charge in [-0.05, 0) is 63.9 Å². The summed E-state index contributed by atoms with van der Waals surface area (Å²) in [5, 5.41) is 2.05. The van der Waals surface area contributed by atoms with Crippen molar-refractivity contribution in [2.24, 2.45) is 7.05 Å². The highest BCUT2D eigenvalue weighted by molar-refractivity contribution is 6.35. The summed E-state index contributed by atoms with van der Waals surface area (Å²) in [6.45, 7) is 5.88. The number of pyridine rings is 2. The average Bonchev–Trinajstić information content (AvgIpc) is 3.35. The van der Waals surface area contributed by atoms with E-state index in [1.54, 1.807) is 30.5 Å². The number of aryl methyl sites for hydroxylation is 1. The standard InChI is InChI=1S/C30H30Cl2N4O4/c1-30(2,3)40-29(38)36-19-7-9-23(36)27-21-8-10-25(33-28(21)34(4)24(27)14-19)35-12-11-20(15-26(35)37)39-16-17-5-6-18(31)13-22(17)32/h5-6,8,10-13,15,19,23H,7,9,14,16H2,1-4H3. The minimum Gasteiger partial charge on any atom is -0.489 e. The van der Waals surface area contributed by atoms with Gasteiger partial charge < -0.3 is 14.0 Å². The minimum atomic E-state index is -0.553. The number of halogens is 2. The van der Waals surface area contributed by atoms with E-state index in [2.05, 4.69) is 4.57 Å². The second-order valence-electron chi connectivity index (χ2n) is 11.4. The third-order valence-corrected chi connectivity index (χ3v) is 8.19. The van der Waals surface area contributed by atoms with Crippen LogP contribution in [0.25, 0.3) is 16.9 Å². The molecule has 208 valence electrons. The van der Waals surface area contributed by atoms with Gasteiger partial charge in [0.2, 0.25) is 0 Å². The normalized spacial score (nSPS) is 18.2. The molecule has 0 aliphatic carbocycles. The van der Waals surface area contributed by atoms with Gasteiger partial charge >= 0.3 is 6.09 Å². The number of nitrogens with zero attached hydrogens (tertiary/aromatic N) is 4. The Morgan fingerprint density at radius 2 is 1.90 bits per heavy atom. The van der Waals surface area contributed by atoms with Gasteiger partial charge in [-0.15, -0.1) is 0 Å². The zero-order valence-corrected chi connectivity index (χ0v) is 24.3. The molecule has 2 unspecified atom stereocenters. The number of amides is 1. The number of benzene rings is 1. The number of aromatic nitrogens is 3. The highest BCUT2D eigenvalue weighted by atomic mass is 35.5. The molecule has 4 aromatic rings. The van der Waals surface area contributed by atoms with E-state index in [0.717, 1.165) is 41.4 Å². The van der Waals surface area contributed by atoms with Crippen LogP contribution in [0.4, 0.5) is 4.79 Å². The van der Waals surface area contributed by atoms with Gasteiger partial charge in [0.1, 0.15) is 29.4 Å². The lowest BCUT2D eigenvalue weighted by Crippen LogP contribution is -2.44. The summed E-state index contributed by atoms with van der Waals surface area (Å²) in [6.07, 6.45) is 3.97. The number of carbonyl (C=O) groups excluding carboxylic acids is 1. The molecule has 3 aromatic heterocycles. The summed E-state index contributed by atoms with van der Waals surface area (Å²) in [6, 6.07) is 12.3. The third-order valence-electron chi connectivity index (χ3n) is 7.60. The highest BCUT2D eigenvalue weighted by Crippen LogP contribution is 2.47. The van der Waals surface area contributed by atoms with E-state index in [1.807, 2.05) is 44.9 Å². The Morgan fingerprint density at radius 1 is 1.10 bits per heavy atom. The molecule has 10 heteroatoms. The third kappa shape index (κ3) is 4.73. The van der Waals surface area contributed by atoms with Gasteiger partial charge in [-0.2, -0.15) is 0 Å². The van der Waals surface area contributed by atoms with Crippen molar-refractivity contribution in [2.75, 3.05) is 0 Å². The molecule has 2 bridgehead atoms. The van der Waals surface area contributed by atoms with Crippen molar-refractivity contribution in [1.29, 1.82) is 0 Å². The van der Waals surface area contributed by atoms with Crippen molar-refractivity contribution in [3.63, 3.8) is 0 Å². The Kier molecular flexibility index (Phi) is 6.58. The first-order chi connectivity index (χ1) is 19.0. The molecule has 1 fully saturated rings. The Balaban J connectivity index is 1.28. The lowest BCUT2D eigenvalue weighted by atomic mass is 9.98. The topological polar surface area (TPSA) is 78.6 Å². The van der Waals surface area contributed by atoms with Gasteiger partial charge in [0, 0.05) is 64.0 Å². The molecule has 1 amide bonds. The van der Waals surface area contributed by atoms with Crippen molar-refractivity contribution in [1.82, 2.24) is 19.0 Å². The Bertz CT molecular complexity index is 1700. The van der Waals surface area contributed by atoms with Crippen LogP contribution in [0.1, 0.15) is 56.5 Å². The molecular weight excluding hydrogens is 551 g/mol. The molecule has 0 saturated carbocycles. The Labute approximate surface area is 242 Å². The van der Waals surface area contributed by atoms with Gasteiger partial charge in [-0.1, -0.05) is 29.3 Å². The smallest absolute Gasteiger partial charge is 0.411 e. The fraction of sp³-hybridized carbons (Fsp3) is 0.367. The second-order valence-corrected chi connectivity index (χ2v) is 12.2. The molecule has 0 radical (unpaired) electrons. The van der Waals surface area contributed by atoms with Crippen LogP contribution in [0, 0.1) is 0 Å². The summed E-state index contributed by atoms with van der Waals surface area (Å²) >= 11 is 12.2. The van der Waals surface area contributed by atoms with E-state index in [-0.39, 0.29) is 30.3 Å². The highest BCUT2D eigenvalue weighted by Gasteiger charge is 2.46. The maximum Gasteiger partial charge on any atom is 0.411 e. The van der Waals surface area contributed by atoms with Crippen LogP contribution in [0.2, 0.25) is 10.0 Å². The monoisotopic (exact) mass is 580 g/mol. The van der Waals surface area contributed by atoms with E-state index < -0.39 is 5.60 Å². The summed E-state index contributed by atoms with van der Waals surface area (Å²) < 4.78 is 15.2. The number of fused-ring (bicyclic) bond motifs is 6. The first kappa shape index (κ1) is 26.7. The van der Waals surface area contributed by atoms with Crippen LogP contribution in [-0.2, 0) is 24.8 Å². The van der Waals surface area contributed by atoms with Crippen molar-refractivity contribution >= 4 is 40.3 Å². The van der Waals surface area contributed by atoms with Gasteiger partial charge in [0.25, 0.3) is 5.56 Å². The van der Waals surface area contributed by atoms with E-state index in [1.165, 1.54) is 16.3 Å². The lowest BCUT2D eigenvalue weighted by molar-refractivity contribution is 0.0124. The van der Waals surface area contributed by atoms with E-state index in [9.17, 15) is 9.59 Å². The number of rotatable bonds is 4. The van der Waals surface area contributed by atoms with E-state index in [4.69, 9.17) is 37.7 Å². The van der Waals surface area contributed by atoms with Crippen LogP contribution in [0.15, 0.2) is 53.5 Å². The predicted molar refractivity (Wildman–Crippen MR) is 155 cm³/mol. The summed E-state index contributed by atoms with van der Waals surface area (Å²) in [7, 11) is 2.00. The quantitative estimate of drug-likeness (QED) is 0.271. The molecule has 1 aromatic carbocycles. The Morgan fingerprint density at radius 3 is 2.62 bits per heavy atom. The summed E-state index contributed by atoms with van der Waals surface area (Å²) in [5.41, 5.74) is 3.05. The maximum absolute atomic E-state index is 13.1. The lowest BCUT2D eigenvalue weighted by Gasteiger charge is -2.36. The minimum absolute atomic E-state index is 0.0479. The largest absolute Gasteiger partial charge is 0.489 e. The van der Waals surface area contributed by atoms with Crippen molar-refractivity contribution in [2.45, 2.75) is 64.3 Å². The van der Waals surface area contributed by atoms with Gasteiger partial charge in [-0.3, -0.25) is 14.3 Å². The van der Waals surface area contributed by atoms with Crippen LogP contribution in [0.5, 0.6) is 5.75 Å². The molecule has 0 spiro atoms. The molecule has 5 heterocycles. The molecule has 2 atom stereocenters. The second kappa shape index (κ2) is 9.85. The van der Waals surface area contributed by atoms with Gasteiger partial charge in [0.15, 0.2) is 0 Å². The number of hydrogen-bond donors (Lipinski definition) is 0. The number of hydrogen-bond acceptors (Lipinski definition) is 5. The zero-order valence-electron chi connectivity index (χ0n) is 22.8. The Hall–Kier alpha value is -3.49. The first-order valence-corrected chi connectivity index (χ1v) is 14.0. The van der Waals surface area contributed by atoms with Crippen LogP contribution < -0.4 is 10.3 Å². The summed E-state index contributed by atoms with van der Waals surface area (Å²) in [4.78, 5) is 33.0. The van der Waals surface area contributed by atoms with Crippen molar-refractivity contribution < 1.29 is 14.3 Å². The zero-order chi connectivity index (χ0) is 28.3. The van der Waals surface area contributed by atoms with E-state index in [0.29, 0.717) is 21.6 Å². The van der Waals surface area contributed by atoms with Crippen LogP contribution in [0.3, 0.4) is 0 Å². The SMILES string of the molecule is Cn1c2c(c3ccc(-n4ccc(OCc5ccc(Cl)cc5Cl)cc4=O)nc31)C1CCC(C2)N1C(=O)OC(C)(C)C. The molecule has 6 rings (SSSR count). The molecular formula is C30H30Cl2N4O4. The van der Waals surface area contributed by atoms with E-state index >= 15 is 0 Å². The van der Waals surface area contributed by atoms with Crippen molar-refractivity contribution in [3.8, 4) is 11.6 Å². The molecule has 2 aliphatic rings. The maximum atomic E-state index is 13.1. The van der Waals surface area contributed by atoms with Crippen molar-refractivity contribution in [3.05, 3.63) is 85.9 Å². The predicted octanol–water partition coefficient (Wildman–Crippen LogP) is 6.61. The average molecular weight is 582 g/mol.